The Kier molecular flexibility index (Phi) is 8.98. The fourth-order valence-corrected chi connectivity index (χ4v) is 5.62. The smallest absolute Gasteiger partial charge is 0.409 e. The molecule has 1 fully saturated rings. The van der Waals surface area contributed by atoms with E-state index in [0.29, 0.717) is 61.7 Å². The van der Waals surface area contributed by atoms with Gasteiger partial charge in [0.25, 0.3) is 0 Å². The summed E-state index contributed by atoms with van der Waals surface area (Å²) in [5, 5.41) is 9.88. The van der Waals surface area contributed by atoms with Crippen LogP contribution < -0.4 is 13.9 Å². The second-order valence-corrected chi connectivity index (χ2v) is 10.3. The third-order valence-corrected chi connectivity index (χ3v) is 7.83. The Bertz CT molecular complexity index is 1220. The van der Waals surface area contributed by atoms with E-state index in [1.165, 1.54) is 29.6 Å². The van der Waals surface area contributed by atoms with Crippen LogP contribution in [0.3, 0.4) is 0 Å². The summed E-state index contributed by atoms with van der Waals surface area (Å²) in [4.78, 5) is 15.6. The van der Waals surface area contributed by atoms with Gasteiger partial charge in [0.1, 0.15) is 17.6 Å². The molecule has 9 nitrogen and oxygen atoms in total. The monoisotopic (exact) mass is 518 g/mol. The lowest BCUT2D eigenvalue weighted by Crippen LogP contribution is -2.49. The van der Waals surface area contributed by atoms with Gasteiger partial charge in [-0.05, 0) is 37.6 Å². The number of methoxy groups -OCH3 is 1. The van der Waals surface area contributed by atoms with Gasteiger partial charge < -0.3 is 19.3 Å². The van der Waals surface area contributed by atoms with Gasteiger partial charge in [0, 0.05) is 37.8 Å². The second-order valence-electron chi connectivity index (χ2n) is 8.27. The van der Waals surface area contributed by atoms with Crippen LogP contribution in [0.25, 0.3) is 0 Å². The normalized spacial score (nSPS) is 13.8. The maximum absolute atomic E-state index is 13.7. The van der Waals surface area contributed by atoms with Gasteiger partial charge in [-0.15, -0.1) is 0 Å². The van der Waals surface area contributed by atoms with E-state index in [1.807, 2.05) is 4.90 Å². The molecule has 0 saturated carbocycles. The number of anilines is 2. The average molecular weight is 519 g/mol. The van der Waals surface area contributed by atoms with Crippen molar-refractivity contribution >= 4 is 27.5 Å². The molecule has 0 N–H and O–H groups in total. The zero-order valence-electron chi connectivity index (χ0n) is 20.7. The van der Waals surface area contributed by atoms with E-state index in [1.54, 1.807) is 36.9 Å². The van der Waals surface area contributed by atoms with E-state index in [2.05, 4.69) is 6.07 Å². The van der Waals surface area contributed by atoms with Crippen molar-refractivity contribution in [3.8, 4) is 11.8 Å². The molecule has 0 spiro atoms. The highest BCUT2D eigenvalue weighted by Gasteiger charge is 2.27. The van der Waals surface area contributed by atoms with Crippen LogP contribution in [0.2, 0.25) is 0 Å². The van der Waals surface area contributed by atoms with Crippen molar-refractivity contribution in [1.29, 1.82) is 5.26 Å². The molecular weight excluding hydrogens is 487 g/mol. The van der Waals surface area contributed by atoms with Crippen LogP contribution in [-0.2, 0) is 21.3 Å². The Morgan fingerprint density at radius 2 is 1.86 bits per heavy atom. The summed E-state index contributed by atoms with van der Waals surface area (Å²) in [6.07, 6.45) is 0.0499. The van der Waals surface area contributed by atoms with E-state index in [0.717, 1.165) is 0 Å². The Morgan fingerprint density at radius 3 is 2.47 bits per heavy atom. The minimum atomic E-state index is -3.74. The first-order valence-corrected chi connectivity index (χ1v) is 13.4. The molecule has 0 radical (unpaired) electrons. The fraction of sp³-hybridized carbons (Fsp3) is 0.440. The molecule has 1 saturated heterocycles. The first-order valence-electron chi connectivity index (χ1n) is 11.8. The number of benzene rings is 2. The third-order valence-electron chi connectivity index (χ3n) is 5.90. The SMILES string of the molecule is CCCS(=O)(=O)N(Cc1ccc(F)cc1OC)c1ccc(N2CCN(C(=O)OCC)CC2)c(C#N)c1. The number of carbonyl (C=O) groups excluding carboxylic acids is 1. The maximum Gasteiger partial charge on any atom is 0.409 e. The lowest BCUT2D eigenvalue weighted by Gasteiger charge is -2.36. The summed E-state index contributed by atoms with van der Waals surface area (Å²) >= 11 is 0. The number of amides is 1. The Hall–Kier alpha value is -3.52. The summed E-state index contributed by atoms with van der Waals surface area (Å²) in [6, 6.07) is 11.1. The fourth-order valence-electron chi connectivity index (χ4n) is 4.11. The largest absolute Gasteiger partial charge is 0.496 e. The number of rotatable bonds is 9. The van der Waals surface area contributed by atoms with Crippen LogP contribution in [-0.4, -0.2) is 65.1 Å². The van der Waals surface area contributed by atoms with Crippen LogP contribution in [0, 0.1) is 17.1 Å². The Balaban J connectivity index is 1.92. The molecule has 194 valence electrons. The molecule has 2 aromatic rings. The number of ether oxygens (including phenoxy) is 2. The molecule has 3 rings (SSSR count). The van der Waals surface area contributed by atoms with E-state index in [9.17, 15) is 22.9 Å². The minimum Gasteiger partial charge on any atom is -0.496 e. The van der Waals surface area contributed by atoms with Crippen molar-refractivity contribution in [2.45, 2.75) is 26.8 Å². The zero-order chi connectivity index (χ0) is 26.3. The summed E-state index contributed by atoms with van der Waals surface area (Å²) in [7, 11) is -2.34. The summed E-state index contributed by atoms with van der Waals surface area (Å²) in [5.41, 5.74) is 1.81. The molecule has 1 aliphatic heterocycles. The van der Waals surface area contributed by atoms with Gasteiger partial charge in [-0.2, -0.15) is 5.26 Å². The Morgan fingerprint density at radius 1 is 1.14 bits per heavy atom. The first kappa shape index (κ1) is 27.1. The number of carbonyl (C=O) groups is 1. The van der Waals surface area contributed by atoms with Crippen molar-refractivity contribution in [3.05, 3.63) is 53.3 Å². The van der Waals surface area contributed by atoms with Crippen LogP contribution in [0.1, 0.15) is 31.4 Å². The summed E-state index contributed by atoms with van der Waals surface area (Å²) in [6.45, 7) is 5.68. The van der Waals surface area contributed by atoms with E-state index in [4.69, 9.17) is 9.47 Å². The number of piperazine rings is 1. The van der Waals surface area contributed by atoms with Gasteiger partial charge >= 0.3 is 6.09 Å². The number of hydrogen-bond donors (Lipinski definition) is 0. The summed E-state index contributed by atoms with van der Waals surface area (Å²) in [5.74, 6) is -0.336. The van der Waals surface area contributed by atoms with Gasteiger partial charge in [-0.1, -0.05) is 13.0 Å². The zero-order valence-corrected chi connectivity index (χ0v) is 21.6. The third kappa shape index (κ3) is 6.18. The van der Waals surface area contributed by atoms with Crippen molar-refractivity contribution in [2.24, 2.45) is 0 Å². The molecule has 1 amide bonds. The van der Waals surface area contributed by atoms with Gasteiger partial charge in [0.05, 0.1) is 43.0 Å². The predicted molar refractivity (Wildman–Crippen MR) is 135 cm³/mol. The van der Waals surface area contributed by atoms with Crippen LogP contribution in [0.15, 0.2) is 36.4 Å². The molecule has 0 aliphatic carbocycles. The van der Waals surface area contributed by atoms with Crippen LogP contribution >= 0.6 is 0 Å². The number of hydrogen-bond acceptors (Lipinski definition) is 7. The average Bonchev–Trinajstić information content (AvgIpc) is 2.87. The topological polar surface area (TPSA) is 103 Å². The van der Waals surface area contributed by atoms with E-state index >= 15 is 0 Å². The molecule has 0 bridgehead atoms. The number of sulfonamides is 1. The molecule has 0 atom stereocenters. The Labute approximate surface area is 211 Å². The molecular formula is C25H31FN4O5S. The van der Waals surface area contributed by atoms with Crippen LogP contribution in [0.4, 0.5) is 20.6 Å². The number of halogens is 1. The number of nitriles is 1. The standard InChI is InChI=1S/C25H31FN4O5S/c1-4-14-36(32,33)30(18-19-6-7-21(26)16-24(19)34-3)22-8-9-23(20(15-22)17-27)28-10-12-29(13-11-28)25(31)35-5-2/h6-9,15-16H,4-5,10-14,18H2,1-3H3. The predicted octanol–water partition coefficient (Wildman–Crippen LogP) is 3.73. The van der Waals surface area contributed by atoms with Gasteiger partial charge in [-0.3, -0.25) is 4.31 Å². The van der Waals surface area contributed by atoms with E-state index < -0.39 is 15.8 Å². The summed E-state index contributed by atoms with van der Waals surface area (Å²) < 4.78 is 51.7. The lowest BCUT2D eigenvalue weighted by atomic mass is 10.1. The van der Waals surface area contributed by atoms with Crippen molar-refractivity contribution < 1.29 is 27.1 Å². The quantitative estimate of drug-likeness (QED) is 0.498. The highest BCUT2D eigenvalue weighted by molar-refractivity contribution is 7.92. The first-order chi connectivity index (χ1) is 17.2. The van der Waals surface area contributed by atoms with Crippen molar-refractivity contribution in [1.82, 2.24) is 4.90 Å². The van der Waals surface area contributed by atoms with Crippen molar-refractivity contribution in [2.75, 3.05) is 54.9 Å². The van der Waals surface area contributed by atoms with Gasteiger partial charge in [-0.25, -0.2) is 17.6 Å². The molecule has 11 heteroatoms. The number of nitrogens with zero attached hydrogens (tertiary/aromatic N) is 4. The molecule has 2 aromatic carbocycles. The van der Waals surface area contributed by atoms with E-state index in [-0.39, 0.29) is 24.1 Å². The molecule has 36 heavy (non-hydrogen) atoms. The second kappa shape index (κ2) is 11.9. The van der Waals surface area contributed by atoms with Crippen molar-refractivity contribution in [3.63, 3.8) is 0 Å². The van der Waals surface area contributed by atoms with Gasteiger partial charge in [0.2, 0.25) is 10.0 Å². The molecule has 1 heterocycles. The van der Waals surface area contributed by atoms with Gasteiger partial charge in [0.15, 0.2) is 0 Å². The maximum atomic E-state index is 13.7. The molecule has 0 unspecified atom stereocenters. The highest BCUT2D eigenvalue weighted by Crippen LogP contribution is 2.31. The van der Waals surface area contributed by atoms with Crippen LogP contribution in [0.5, 0.6) is 5.75 Å². The molecule has 1 aliphatic rings. The molecule has 0 aromatic heterocycles. The lowest BCUT2D eigenvalue weighted by molar-refractivity contribution is 0.105. The highest BCUT2D eigenvalue weighted by atomic mass is 32.2. The minimum absolute atomic E-state index is 0.0752.